The maximum atomic E-state index is 11.0. The van der Waals surface area contributed by atoms with Crippen LogP contribution in [0.4, 0.5) is 5.13 Å². The van der Waals surface area contributed by atoms with Gasteiger partial charge >= 0.3 is 5.97 Å². The number of nitrogens with zero attached hydrogens (tertiary/aromatic N) is 3. The van der Waals surface area contributed by atoms with E-state index in [1.54, 1.807) is 11.3 Å². The normalized spacial score (nSPS) is 17.4. The lowest BCUT2D eigenvalue weighted by atomic mass is 10.0. The molecule has 0 spiro atoms. The van der Waals surface area contributed by atoms with E-state index in [-0.39, 0.29) is 6.42 Å². The largest absolute Gasteiger partial charge is 0.481 e. The second kappa shape index (κ2) is 9.98. The summed E-state index contributed by atoms with van der Waals surface area (Å²) in [5.74, 6) is -0.789. The summed E-state index contributed by atoms with van der Waals surface area (Å²) in [6, 6.07) is 14.3. The van der Waals surface area contributed by atoms with Gasteiger partial charge in [-0.3, -0.25) is 9.69 Å². The molecule has 2 heterocycles. The Morgan fingerprint density at radius 1 is 1.23 bits per heavy atom. The van der Waals surface area contributed by atoms with Gasteiger partial charge in [0.15, 0.2) is 5.13 Å². The number of thiazole rings is 1. The molecule has 4 rings (SSSR count). The van der Waals surface area contributed by atoms with Crippen LogP contribution in [0.3, 0.4) is 0 Å². The number of carboxylic acid groups (broad SMARTS) is 1. The lowest BCUT2D eigenvalue weighted by Crippen LogP contribution is -2.53. The Hall–Kier alpha value is -2.15. The average molecular weight is 458 g/mol. The number of unbranched alkanes of at least 4 members (excludes halogenated alkanes) is 1. The fraction of sp³-hybridized carbons (Fsp3) is 0.417. The summed E-state index contributed by atoms with van der Waals surface area (Å²) in [7, 11) is 0. The number of carboxylic acids is 1. The smallest absolute Gasteiger partial charge is 0.307 e. The average Bonchev–Trinajstić information content (AvgIpc) is 3.15. The first kappa shape index (κ1) is 22.1. The first-order chi connectivity index (χ1) is 15.0. The van der Waals surface area contributed by atoms with Gasteiger partial charge in [0.1, 0.15) is 0 Å². The molecule has 1 fully saturated rings. The van der Waals surface area contributed by atoms with Crippen LogP contribution in [0, 0.1) is 0 Å². The van der Waals surface area contributed by atoms with Gasteiger partial charge in [-0.05, 0) is 35.7 Å². The van der Waals surface area contributed by atoms with E-state index in [0.717, 1.165) is 58.5 Å². The van der Waals surface area contributed by atoms with E-state index < -0.39 is 5.97 Å². The fourth-order valence-electron chi connectivity index (χ4n) is 4.28. The Morgan fingerprint density at radius 3 is 2.87 bits per heavy atom. The van der Waals surface area contributed by atoms with Crippen LogP contribution in [0.15, 0.2) is 42.5 Å². The maximum Gasteiger partial charge on any atom is 0.307 e. The van der Waals surface area contributed by atoms with E-state index in [1.165, 1.54) is 18.4 Å². The van der Waals surface area contributed by atoms with Crippen molar-refractivity contribution in [1.82, 2.24) is 9.88 Å². The molecule has 0 radical (unpaired) electrons. The SMILES string of the molecule is CCCC[C@H]1CN(Cc2cccc(CC(=O)O)c2)CCN1c1nc2ccc(Cl)cc2s1. The van der Waals surface area contributed by atoms with E-state index in [2.05, 4.69) is 22.8 Å². The van der Waals surface area contributed by atoms with Crippen LogP contribution in [0.2, 0.25) is 5.02 Å². The van der Waals surface area contributed by atoms with Crippen LogP contribution >= 0.6 is 22.9 Å². The first-order valence-electron chi connectivity index (χ1n) is 10.9. The van der Waals surface area contributed by atoms with Gasteiger partial charge in [-0.2, -0.15) is 0 Å². The number of hydrogen-bond donors (Lipinski definition) is 1. The summed E-state index contributed by atoms with van der Waals surface area (Å²) in [4.78, 5) is 20.9. The molecule has 1 aromatic heterocycles. The number of carbonyl (C=O) groups is 1. The fourth-order valence-corrected chi connectivity index (χ4v) is 5.62. The van der Waals surface area contributed by atoms with Crippen molar-refractivity contribution in [2.45, 2.75) is 45.2 Å². The zero-order chi connectivity index (χ0) is 21.8. The number of aliphatic carboxylic acids is 1. The Bertz CT molecular complexity index is 1050. The number of piperazine rings is 1. The number of anilines is 1. The van der Waals surface area contributed by atoms with Crippen molar-refractivity contribution in [3.63, 3.8) is 0 Å². The van der Waals surface area contributed by atoms with Crippen molar-refractivity contribution in [3.8, 4) is 0 Å². The van der Waals surface area contributed by atoms with E-state index in [0.29, 0.717) is 6.04 Å². The van der Waals surface area contributed by atoms with Gasteiger partial charge in [-0.25, -0.2) is 4.98 Å². The highest BCUT2D eigenvalue weighted by atomic mass is 35.5. The van der Waals surface area contributed by atoms with E-state index in [9.17, 15) is 4.79 Å². The Balaban J connectivity index is 1.49. The molecule has 0 bridgehead atoms. The van der Waals surface area contributed by atoms with Crippen molar-refractivity contribution < 1.29 is 9.90 Å². The van der Waals surface area contributed by atoms with Crippen molar-refractivity contribution >= 4 is 44.3 Å². The zero-order valence-electron chi connectivity index (χ0n) is 17.8. The Morgan fingerprint density at radius 2 is 2.06 bits per heavy atom. The van der Waals surface area contributed by atoms with E-state index in [1.807, 2.05) is 36.4 Å². The topological polar surface area (TPSA) is 56.7 Å². The molecule has 1 N–H and O–H groups in total. The Kier molecular flexibility index (Phi) is 7.10. The molecule has 2 aromatic carbocycles. The summed E-state index contributed by atoms with van der Waals surface area (Å²) in [5, 5.41) is 10.9. The molecular formula is C24H28ClN3O2S. The number of fused-ring (bicyclic) bond motifs is 1. The van der Waals surface area contributed by atoms with Crippen LogP contribution in [0.25, 0.3) is 10.2 Å². The summed E-state index contributed by atoms with van der Waals surface area (Å²) < 4.78 is 1.13. The molecule has 5 nitrogen and oxygen atoms in total. The molecule has 1 aliphatic heterocycles. The molecule has 1 saturated heterocycles. The van der Waals surface area contributed by atoms with E-state index >= 15 is 0 Å². The number of hydrogen-bond acceptors (Lipinski definition) is 5. The van der Waals surface area contributed by atoms with E-state index in [4.69, 9.17) is 21.7 Å². The second-order valence-electron chi connectivity index (χ2n) is 8.22. The lowest BCUT2D eigenvalue weighted by molar-refractivity contribution is -0.136. The van der Waals surface area contributed by atoms with Crippen molar-refractivity contribution in [1.29, 1.82) is 0 Å². The minimum Gasteiger partial charge on any atom is -0.481 e. The Labute approximate surface area is 192 Å². The molecule has 0 saturated carbocycles. The second-order valence-corrected chi connectivity index (χ2v) is 9.67. The molecule has 31 heavy (non-hydrogen) atoms. The molecule has 0 aliphatic carbocycles. The predicted molar refractivity (Wildman–Crippen MR) is 128 cm³/mol. The molecule has 1 aliphatic rings. The van der Waals surface area contributed by atoms with Crippen molar-refractivity contribution in [2.75, 3.05) is 24.5 Å². The quantitative estimate of drug-likeness (QED) is 0.486. The molecule has 1 atom stereocenters. The van der Waals surface area contributed by atoms with Crippen LogP contribution < -0.4 is 4.90 Å². The lowest BCUT2D eigenvalue weighted by Gasteiger charge is -2.41. The summed E-state index contributed by atoms with van der Waals surface area (Å²) >= 11 is 7.90. The zero-order valence-corrected chi connectivity index (χ0v) is 19.3. The van der Waals surface area contributed by atoms with Crippen LogP contribution in [0.5, 0.6) is 0 Å². The minimum atomic E-state index is -0.789. The standard InChI is InChI=1S/C24H28ClN3O2S/c1-2-3-7-20-16-27(15-18-6-4-5-17(12-18)13-23(29)30)10-11-28(20)24-26-21-9-8-19(25)14-22(21)31-24/h4-6,8-9,12,14,20H,2-3,7,10-11,13,15-16H2,1H3,(H,29,30)/t20-/m0/s1. The maximum absolute atomic E-state index is 11.0. The van der Waals surface area contributed by atoms with Gasteiger partial charge in [0.05, 0.1) is 16.6 Å². The van der Waals surface area contributed by atoms with Gasteiger partial charge in [-0.1, -0.05) is 67.0 Å². The van der Waals surface area contributed by atoms with Gasteiger partial charge in [0.25, 0.3) is 0 Å². The number of halogens is 1. The predicted octanol–water partition coefficient (Wildman–Crippen LogP) is 5.46. The highest BCUT2D eigenvalue weighted by molar-refractivity contribution is 7.22. The molecule has 7 heteroatoms. The monoisotopic (exact) mass is 457 g/mol. The van der Waals surface area contributed by atoms with Crippen molar-refractivity contribution in [2.24, 2.45) is 0 Å². The van der Waals surface area contributed by atoms with Gasteiger partial charge < -0.3 is 10.0 Å². The summed E-state index contributed by atoms with van der Waals surface area (Å²) in [6.45, 7) is 5.97. The van der Waals surface area contributed by atoms with Crippen LogP contribution in [-0.4, -0.2) is 46.6 Å². The van der Waals surface area contributed by atoms with Crippen LogP contribution in [0.1, 0.15) is 37.3 Å². The van der Waals surface area contributed by atoms with Gasteiger partial charge in [0, 0.05) is 37.2 Å². The number of rotatable bonds is 8. The third kappa shape index (κ3) is 5.56. The highest BCUT2D eigenvalue weighted by Gasteiger charge is 2.28. The van der Waals surface area contributed by atoms with Crippen LogP contribution in [-0.2, 0) is 17.8 Å². The molecule has 164 valence electrons. The molecule has 0 amide bonds. The molecule has 3 aromatic rings. The number of aromatic nitrogens is 1. The van der Waals surface area contributed by atoms with Gasteiger partial charge in [-0.15, -0.1) is 0 Å². The van der Waals surface area contributed by atoms with Crippen molar-refractivity contribution in [3.05, 3.63) is 58.6 Å². The third-order valence-electron chi connectivity index (χ3n) is 5.80. The first-order valence-corrected chi connectivity index (χ1v) is 12.1. The molecule has 0 unspecified atom stereocenters. The summed E-state index contributed by atoms with van der Waals surface area (Å²) in [5.41, 5.74) is 3.05. The third-order valence-corrected chi connectivity index (χ3v) is 7.09. The number of benzene rings is 2. The summed E-state index contributed by atoms with van der Waals surface area (Å²) in [6.07, 6.45) is 3.59. The molecular weight excluding hydrogens is 430 g/mol. The highest BCUT2D eigenvalue weighted by Crippen LogP contribution is 2.33. The minimum absolute atomic E-state index is 0.0718. The van der Waals surface area contributed by atoms with Gasteiger partial charge in [0.2, 0.25) is 0 Å².